The van der Waals surface area contributed by atoms with E-state index in [9.17, 15) is 9.90 Å². The molecule has 0 spiro atoms. The van der Waals surface area contributed by atoms with Gasteiger partial charge in [-0.05, 0) is 35.9 Å². The van der Waals surface area contributed by atoms with Crippen LogP contribution in [0.15, 0.2) is 57.7 Å². The number of aromatic hydroxyl groups is 1. The summed E-state index contributed by atoms with van der Waals surface area (Å²) < 4.78 is 10.7. The quantitative estimate of drug-likeness (QED) is 0.800. The third-order valence-electron chi connectivity index (χ3n) is 3.31. The topological polar surface area (TPSA) is 59.7 Å². The van der Waals surface area contributed by atoms with Crippen LogP contribution in [-0.4, -0.2) is 12.2 Å². The number of hydrogen-bond donors (Lipinski definition) is 1. The van der Waals surface area contributed by atoms with Crippen molar-refractivity contribution in [3.05, 3.63) is 70.1 Å². The molecule has 0 unspecified atom stereocenters. The Bertz CT molecular complexity index is 889. The van der Waals surface area contributed by atoms with Crippen molar-refractivity contribution in [3.63, 3.8) is 0 Å². The van der Waals surface area contributed by atoms with Crippen LogP contribution in [0.3, 0.4) is 0 Å². The zero-order chi connectivity index (χ0) is 15.5. The van der Waals surface area contributed by atoms with Crippen LogP contribution in [0.2, 0.25) is 0 Å². The van der Waals surface area contributed by atoms with Gasteiger partial charge in [0.1, 0.15) is 28.2 Å². The molecule has 1 aromatic heterocycles. The molecular weight excluding hydrogens is 280 g/mol. The zero-order valence-corrected chi connectivity index (χ0v) is 11.9. The Morgan fingerprint density at radius 3 is 2.59 bits per heavy atom. The Labute approximate surface area is 126 Å². The molecule has 22 heavy (non-hydrogen) atoms. The fourth-order valence-corrected chi connectivity index (χ4v) is 2.19. The van der Waals surface area contributed by atoms with Gasteiger partial charge in [0.15, 0.2) is 5.43 Å². The van der Waals surface area contributed by atoms with Gasteiger partial charge in [-0.25, -0.2) is 0 Å². The van der Waals surface area contributed by atoms with E-state index in [0.717, 1.165) is 11.3 Å². The molecule has 0 aliphatic rings. The molecule has 1 heterocycles. The van der Waals surface area contributed by atoms with Crippen LogP contribution in [0.25, 0.3) is 23.1 Å². The predicted molar refractivity (Wildman–Crippen MR) is 86.1 cm³/mol. The fourth-order valence-electron chi connectivity index (χ4n) is 2.19. The smallest absolute Gasteiger partial charge is 0.197 e. The van der Waals surface area contributed by atoms with E-state index < -0.39 is 0 Å². The van der Waals surface area contributed by atoms with Crippen molar-refractivity contribution in [2.45, 2.75) is 0 Å². The minimum absolute atomic E-state index is 0.0723. The summed E-state index contributed by atoms with van der Waals surface area (Å²) in [5, 5.41) is 9.91. The largest absolute Gasteiger partial charge is 0.507 e. The summed E-state index contributed by atoms with van der Waals surface area (Å²) in [5.74, 6) is 1.14. The molecule has 3 rings (SSSR count). The van der Waals surface area contributed by atoms with E-state index in [0.29, 0.717) is 11.3 Å². The molecule has 0 atom stereocenters. The van der Waals surface area contributed by atoms with Crippen LogP contribution in [0.1, 0.15) is 11.3 Å². The average Bonchev–Trinajstić information content (AvgIpc) is 2.53. The van der Waals surface area contributed by atoms with Gasteiger partial charge in [-0.1, -0.05) is 24.3 Å². The third kappa shape index (κ3) is 2.72. The Morgan fingerprint density at radius 2 is 1.86 bits per heavy atom. The molecule has 1 N–H and O–H groups in total. The van der Waals surface area contributed by atoms with E-state index in [1.54, 1.807) is 25.3 Å². The first-order valence-electron chi connectivity index (χ1n) is 6.75. The van der Waals surface area contributed by atoms with Crippen LogP contribution in [0.5, 0.6) is 11.5 Å². The molecule has 2 aromatic carbocycles. The molecule has 0 aliphatic heterocycles. The van der Waals surface area contributed by atoms with Crippen LogP contribution < -0.4 is 10.2 Å². The summed E-state index contributed by atoms with van der Waals surface area (Å²) in [5.41, 5.74) is 1.05. The highest BCUT2D eigenvalue weighted by molar-refractivity contribution is 5.84. The number of ether oxygens (including phenoxy) is 1. The van der Waals surface area contributed by atoms with Gasteiger partial charge in [0.25, 0.3) is 0 Å². The van der Waals surface area contributed by atoms with Crippen LogP contribution in [-0.2, 0) is 0 Å². The number of methoxy groups -OCH3 is 1. The predicted octanol–water partition coefficient (Wildman–Crippen LogP) is 3.68. The lowest BCUT2D eigenvalue weighted by Gasteiger charge is -2.01. The Kier molecular flexibility index (Phi) is 3.66. The molecular formula is C18H14O4. The van der Waals surface area contributed by atoms with Gasteiger partial charge in [0, 0.05) is 6.07 Å². The van der Waals surface area contributed by atoms with Crippen molar-refractivity contribution in [1.82, 2.24) is 0 Å². The molecule has 0 saturated carbocycles. The standard InChI is InChI=1S/C18H14O4/c1-21-13-8-5-12(6-9-13)7-10-14-11-16(20)18-15(19)3-2-4-17(18)22-14/h2-11,19H,1H3/b10-7+. The highest BCUT2D eigenvalue weighted by atomic mass is 16.5. The summed E-state index contributed by atoms with van der Waals surface area (Å²) >= 11 is 0. The summed E-state index contributed by atoms with van der Waals surface area (Å²) in [7, 11) is 1.62. The molecule has 0 aliphatic carbocycles. The van der Waals surface area contributed by atoms with Gasteiger partial charge < -0.3 is 14.3 Å². The monoisotopic (exact) mass is 294 g/mol. The van der Waals surface area contributed by atoms with Crippen LogP contribution in [0.4, 0.5) is 0 Å². The van der Waals surface area contributed by atoms with Crippen molar-refractivity contribution in [3.8, 4) is 11.5 Å². The van der Waals surface area contributed by atoms with Crippen molar-refractivity contribution in [2.75, 3.05) is 7.11 Å². The lowest BCUT2D eigenvalue weighted by molar-refractivity contribution is 0.415. The van der Waals surface area contributed by atoms with Gasteiger partial charge in [0.05, 0.1) is 7.11 Å². The van der Waals surface area contributed by atoms with Crippen molar-refractivity contribution in [2.24, 2.45) is 0 Å². The van der Waals surface area contributed by atoms with Crippen molar-refractivity contribution < 1.29 is 14.3 Å². The Balaban J connectivity index is 1.96. The van der Waals surface area contributed by atoms with Crippen LogP contribution in [0, 0.1) is 0 Å². The van der Waals surface area contributed by atoms with E-state index >= 15 is 0 Å². The highest BCUT2D eigenvalue weighted by Crippen LogP contribution is 2.22. The molecule has 4 heteroatoms. The second-order valence-corrected chi connectivity index (χ2v) is 4.77. The molecule has 3 aromatic rings. The van der Waals surface area contributed by atoms with Gasteiger partial charge >= 0.3 is 0 Å². The van der Waals surface area contributed by atoms with Gasteiger partial charge in [-0.15, -0.1) is 0 Å². The van der Waals surface area contributed by atoms with Crippen LogP contribution >= 0.6 is 0 Å². The molecule has 0 radical (unpaired) electrons. The van der Waals surface area contributed by atoms with Crippen molar-refractivity contribution in [1.29, 1.82) is 0 Å². The number of fused-ring (bicyclic) bond motifs is 1. The first-order chi connectivity index (χ1) is 10.7. The van der Waals surface area contributed by atoms with E-state index in [1.807, 2.05) is 30.3 Å². The second kappa shape index (κ2) is 5.77. The maximum Gasteiger partial charge on any atom is 0.197 e. The van der Waals surface area contributed by atoms with Crippen molar-refractivity contribution >= 4 is 23.1 Å². The summed E-state index contributed by atoms with van der Waals surface area (Å²) in [6.07, 6.45) is 3.55. The average molecular weight is 294 g/mol. The molecule has 4 nitrogen and oxygen atoms in total. The molecule has 0 fully saturated rings. The Hall–Kier alpha value is -3.01. The second-order valence-electron chi connectivity index (χ2n) is 4.77. The zero-order valence-electron chi connectivity index (χ0n) is 11.9. The lowest BCUT2D eigenvalue weighted by atomic mass is 10.1. The van der Waals surface area contributed by atoms with E-state index in [4.69, 9.17) is 9.15 Å². The molecule has 110 valence electrons. The minimum Gasteiger partial charge on any atom is -0.507 e. The van der Waals surface area contributed by atoms with E-state index in [-0.39, 0.29) is 16.6 Å². The maximum atomic E-state index is 12.0. The summed E-state index contributed by atoms with van der Waals surface area (Å²) in [4.78, 5) is 12.0. The van der Waals surface area contributed by atoms with E-state index in [1.165, 1.54) is 12.1 Å². The fraction of sp³-hybridized carbons (Fsp3) is 0.0556. The molecule has 0 bridgehead atoms. The normalized spacial score (nSPS) is 11.1. The lowest BCUT2D eigenvalue weighted by Crippen LogP contribution is -2.00. The number of phenols is 1. The summed E-state index contributed by atoms with van der Waals surface area (Å²) in [6, 6.07) is 13.6. The summed E-state index contributed by atoms with van der Waals surface area (Å²) in [6.45, 7) is 0. The number of benzene rings is 2. The minimum atomic E-state index is -0.270. The molecule has 0 saturated heterocycles. The van der Waals surface area contributed by atoms with Gasteiger partial charge in [-0.3, -0.25) is 4.79 Å². The molecule has 0 amide bonds. The number of rotatable bonds is 3. The SMILES string of the molecule is COc1ccc(/C=C/c2cc(=O)c3c(O)cccc3o2)cc1. The Morgan fingerprint density at radius 1 is 1.09 bits per heavy atom. The first kappa shape index (κ1) is 13.9. The third-order valence-corrected chi connectivity index (χ3v) is 3.31. The number of phenolic OH excluding ortho intramolecular Hbond substituents is 1. The highest BCUT2D eigenvalue weighted by Gasteiger charge is 2.06. The van der Waals surface area contributed by atoms with Gasteiger partial charge in [-0.2, -0.15) is 0 Å². The first-order valence-corrected chi connectivity index (χ1v) is 6.75. The van der Waals surface area contributed by atoms with Gasteiger partial charge in [0.2, 0.25) is 0 Å². The number of hydrogen-bond acceptors (Lipinski definition) is 4. The van der Waals surface area contributed by atoms with E-state index in [2.05, 4.69) is 0 Å². The maximum absolute atomic E-state index is 12.0.